The fraction of sp³-hybridized carbons (Fsp3) is 0.0714. The van der Waals surface area contributed by atoms with E-state index >= 15 is 0 Å². The van der Waals surface area contributed by atoms with E-state index in [1.807, 2.05) is 24.4 Å². The van der Waals surface area contributed by atoms with Crippen LogP contribution in [0.2, 0.25) is 0 Å². The Bertz CT molecular complexity index is 652. The Kier molecular flexibility index (Phi) is 2.84. The van der Waals surface area contributed by atoms with E-state index in [0.29, 0.717) is 6.54 Å². The van der Waals surface area contributed by atoms with Crippen molar-refractivity contribution in [3.05, 3.63) is 60.8 Å². The van der Waals surface area contributed by atoms with Crippen molar-refractivity contribution >= 4 is 16.6 Å². The van der Waals surface area contributed by atoms with Gasteiger partial charge in [-0.3, -0.25) is 15.0 Å². The Morgan fingerprint density at radius 3 is 2.83 bits per heavy atom. The predicted molar refractivity (Wildman–Crippen MR) is 71.1 cm³/mol. The molecule has 0 atom stereocenters. The first-order valence-electron chi connectivity index (χ1n) is 5.75. The maximum absolute atomic E-state index is 4.39. The van der Waals surface area contributed by atoms with Gasteiger partial charge in [0.05, 0.1) is 35.8 Å². The van der Waals surface area contributed by atoms with Crippen LogP contribution in [0.4, 0.5) is 5.69 Å². The zero-order valence-corrected chi connectivity index (χ0v) is 9.74. The molecule has 0 saturated carbocycles. The lowest BCUT2D eigenvalue weighted by molar-refractivity contribution is 1.01. The summed E-state index contributed by atoms with van der Waals surface area (Å²) in [5, 5.41) is 4.41. The third kappa shape index (κ3) is 2.27. The summed E-state index contributed by atoms with van der Waals surface area (Å²) in [6.45, 7) is 0.647. The Hall–Kier alpha value is -2.49. The first-order valence-corrected chi connectivity index (χ1v) is 5.75. The normalized spacial score (nSPS) is 10.4. The number of anilines is 1. The summed E-state index contributed by atoms with van der Waals surface area (Å²) in [7, 11) is 0. The van der Waals surface area contributed by atoms with Gasteiger partial charge in [0.1, 0.15) is 0 Å². The minimum atomic E-state index is 0.647. The van der Waals surface area contributed by atoms with E-state index in [0.717, 1.165) is 22.3 Å². The summed E-state index contributed by atoms with van der Waals surface area (Å²) in [6.07, 6.45) is 6.94. The average Bonchev–Trinajstić information content (AvgIpc) is 2.46. The highest BCUT2D eigenvalue weighted by atomic mass is 14.9. The molecule has 4 nitrogen and oxygen atoms in total. The topological polar surface area (TPSA) is 50.7 Å². The van der Waals surface area contributed by atoms with Gasteiger partial charge in [-0.2, -0.15) is 0 Å². The largest absolute Gasteiger partial charge is 0.378 e. The molecule has 0 aliphatic rings. The minimum absolute atomic E-state index is 0.647. The standard InChI is InChI=1S/C14H12N4/c1-2-4-14-11(3-1)7-12(9-18-14)17-10-13-8-15-5-6-16-13/h1-9,17H,10H2. The van der Waals surface area contributed by atoms with Crippen LogP contribution >= 0.6 is 0 Å². The van der Waals surface area contributed by atoms with Crippen molar-refractivity contribution in [2.24, 2.45) is 0 Å². The molecule has 0 aliphatic heterocycles. The van der Waals surface area contributed by atoms with Crippen LogP contribution in [0.1, 0.15) is 5.69 Å². The fourth-order valence-electron chi connectivity index (χ4n) is 1.78. The van der Waals surface area contributed by atoms with Crippen LogP contribution in [-0.4, -0.2) is 15.0 Å². The average molecular weight is 236 g/mol. The van der Waals surface area contributed by atoms with Crippen LogP contribution in [0.3, 0.4) is 0 Å². The molecule has 1 aromatic carbocycles. The quantitative estimate of drug-likeness (QED) is 0.759. The molecule has 2 aromatic heterocycles. The highest BCUT2D eigenvalue weighted by molar-refractivity contribution is 5.81. The SMILES string of the molecule is c1ccc2ncc(NCc3cnccn3)cc2c1. The molecule has 0 spiro atoms. The number of rotatable bonds is 3. The third-order valence-electron chi connectivity index (χ3n) is 2.68. The number of nitrogens with one attached hydrogen (secondary N) is 1. The highest BCUT2D eigenvalue weighted by Crippen LogP contribution is 2.16. The van der Waals surface area contributed by atoms with Crippen molar-refractivity contribution in [3.63, 3.8) is 0 Å². The van der Waals surface area contributed by atoms with Crippen molar-refractivity contribution in [1.82, 2.24) is 15.0 Å². The first kappa shape index (κ1) is 10.7. The molecule has 3 rings (SSSR count). The number of pyridine rings is 1. The van der Waals surface area contributed by atoms with Crippen molar-refractivity contribution in [3.8, 4) is 0 Å². The number of fused-ring (bicyclic) bond motifs is 1. The first-order chi connectivity index (χ1) is 8.92. The third-order valence-corrected chi connectivity index (χ3v) is 2.68. The van der Waals surface area contributed by atoms with Gasteiger partial charge in [-0.15, -0.1) is 0 Å². The molecular weight excluding hydrogens is 224 g/mol. The lowest BCUT2D eigenvalue weighted by Gasteiger charge is -2.06. The van der Waals surface area contributed by atoms with Gasteiger partial charge in [0, 0.05) is 17.8 Å². The van der Waals surface area contributed by atoms with Crippen molar-refractivity contribution < 1.29 is 0 Å². The van der Waals surface area contributed by atoms with Crippen LogP contribution < -0.4 is 5.32 Å². The van der Waals surface area contributed by atoms with Crippen molar-refractivity contribution in [2.75, 3.05) is 5.32 Å². The Labute approximate surface area is 105 Å². The molecule has 18 heavy (non-hydrogen) atoms. The van der Waals surface area contributed by atoms with Gasteiger partial charge in [-0.05, 0) is 12.1 Å². The molecule has 1 N–H and O–H groups in total. The molecule has 0 aliphatic carbocycles. The molecule has 0 saturated heterocycles. The van der Waals surface area contributed by atoms with E-state index in [4.69, 9.17) is 0 Å². The van der Waals surface area contributed by atoms with Gasteiger partial charge in [0.2, 0.25) is 0 Å². The van der Waals surface area contributed by atoms with E-state index < -0.39 is 0 Å². The maximum Gasteiger partial charge on any atom is 0.0777 e. The minimum Gasteiger partial charge on any atom is -0.378 e. The molecule has 0 unspecified atom stereocenters. The molecule has 0 bridgehead atoms. The van der Waals surface area contributed by atoms with E-state index in [-0.39, 0.29) is 0 Å². The second kappa shape index (κ2) is 4.79. The van der Waals surface area contributed by atoms with Gasteiger partial charge in [-0.25, -0.2) is 0 Å². The van der Waals surface area contributed by atoms with E-state index in [9.17, 15) is 0 Å². The zero-order valence-electron chi connectivity index (χ0n) is 9.74. The summed E-state index contributed by atoms with van der Waals surface area (Å²) in [6, 6.07) is 10.1. The molecule has 2 heterocycles. The second-order valence-electron chi connectivity index (χ2n) is 3.97. The van der Waals surface area contributed by atoms with Gasteiger partial charge in [0.25, 0.3) is 0 Å². The number of benzene rings is 1. The molecule has 88 valence electrons. The van der Waals surface area contributed by atoms with Crippen LogP contribution in [0.15, 0.2) is 55.1 Å². The molecule has 4 heteroatoms. The monoisotopic (exact) mass is 236 g/mol. The Morgan fingerprint density at radius 2 is 1.94 bits per heavy atom. The molecule has 0 amide bonds. The van der Waals surface area contributed by atoms with E-state index in [1.165, 1.54) is 0 Å². The van der Waals surface area contributed by atoms with E-state index in [1.54, 1.807) is 18.6 Å². The van der Waals surface area contributed by atoms with Gasteiger partial charge in [-0.1, -0.05) is 18.2 Å². The summed E-state index contributed by atoms with van der Waals surface area (Å²) < 4.78 is 0. The summed E-state index contributed by atoms with van der Waals surface area (Å²) in [5.41, 5.74) is 2.90. The van der Waals surface area contributed by atoms with Crippen LogP contribution in [0.25, 0.3) is 10.9 Å². The molecule has 0 fully saturated rings. The van der Waals surface area contributed by atoms with Gasteiger partial charge in [0.15, 0.2) is 0 Å². The Balaban J connectivity index is 1.79. The van der Waals surface area contributed by atoms with Crippen molar-refractivity contribution in [1.29, 1.82) is 0 Å². The molecule has 3 aromatic rings. The summed E-state index contributed by atoms with van der Waals surface area (Å²) >= 11 is 0. The molecular formula is C14H12N4. The maximum atomic E-state index is 4.39. The summed E-state index contributed by atoms with van der Waals surface area (Å²) in [5.74, 6) is 0. The second-order valence-corrected chi connectivity index (χ2v) is 3.97. The highest BCUT2D eigenvalue weighted by Gasteiger charge is 1.98. The number of hydrogen-bond acceptors (Lipinski definition) is 4. The fourth-order valence-corrected chi connectivity index (χ4v) is 1.78. The smallest absolute Gasteiger partial charge is 0.0777 e. The number of nitrogens with zero attached hydrogens (tertiary/aromatic N) is 3. The van der Waals surface area contributed by atoms with Crippen LogP contribution in [0, 0.1) is 0 Å². The zero-order chi connectivity index (χ0) is 12.2. The number of hydrogen-bond donors (Lipinski definition) is 1. The lowest BCUT2D eigenvalue weighted by Crippen LogP contribution is -2.02. The van der Waals surface area contributed by atoms with Crippen LogP contribution in [0.5, 0.6) is 0 Å². The number of para-hydroxylation sites is 1. The lowest BCUT2D eigenvalue weighted by atomic mass is 10.2. The number of aromatic nitrogens is 3. The molecule has 0 radical (unpaired) electrons. The van der Waals surface area contributed by atoms with Crippen LogP contribution in [-0.2, 0) is 6.54 Å². The van der Waals surface area contributed by atoms with Gasteiger partial charge < -0.3 is 5.32 Å². The predicted octanol–water partition coefficient (Wildman–Crippen LogP) is 2.64. The van der Waals surface area contributed by atoms with Gasteiger partial charge >= 0.3 is 0 Å². The Morgan fingerprint density at radius 1 is 1.00 bits per heavy atom. The van der Waals surface area contributed by atoms with E-state index in [2.05, 4.69) is 32.4 Å². The summed E-state index contributed by atoms with van der Waals surface area (Å²) in [4.78, 5) is 12.6. The van der Waals surface area contributed by atoms with Crippen molar-refractivity contribution in [2.45, 2.75) is 6.54 Å².